The molecule has 42 heavy (non-hydrogen) atoms. The number of carbonyl (C=O) groups is 4. The second kappa shape index (κ2) is 13.1. The number of hydrogen-bond acceptors (Lipinski definition) is 7. The molecule has 0 bridgehead atoms. The quantitative estimate of drug-likeness (QED) is 0.315. The minimum absolute atomic E-state index is 0.124. The van der Waals surface area contributed by atoms with E-state index in [1.54, 1.807) is 13.2 Å². The highest BCUT2D eigenvalue weighted by molar-refractivity contribution is 6.01. The average Bonchev–Trinajstić information content (AvgIpc) is 3.57. The summed E-state index contributed by atoms with van der Waals surface area (Å²) in [6, 6.07) is 5.34. The fourth-order valence-corrected chi connectivity index (χ4v) is 6.83. The van der Waals surface area contributed by atoms with E-state index in [1.807, 2.05) is 18.2 Å². The molecule has 4 N–H and O–H groups in total. The fraction of sp³-hybridized carbons (Fsp3) is 0.613. The number of amides is 3. The first kappa shape index (κ1) is 29.9. The van der Waals surface area contributed by atoms with Crippen LogP contribution >= 0.6 is 0 Å². The molecule has 3 amide bonds. The third-order valence-corrected chi connectivity index (χ3v) is 9.17. The first-order chi connectivity index (χ1) is 20.3. The molecule has 11 heteroatoms. The Bertz CT molecular complexity index is 1300. The van der Waals surface area contributed by atoms with Gasteiger partial charge in [0.2, 0.25) is 11.8 Å². The molecule has 1 aromatic carbocycles. The smallest absolute Gasteiger partial charge is 0.328 e. The number of aromatic amines is 1. The van der Waals surface area contributed by atoms with Gasteiger partial charge in [-0.2, -0.15) is 0 Å². The SMILES string of the molecule is COC(=O)C(CC1CC2(CCOCC2)NC1=O)NC(=O)C(CC1CCCCC1)NC(=O)c1cc2c(OC)cccc2[nH]1. The van der Waals surface area contributed by atoms with Gasteiger partial charge in [0.25, 0.3) is 5.91 Å². The minimum atomic E-state index is -1.02. The lowest BCUT2D eigenvalue weighted by Gasteiger charge is -2.33. The molecule has 228 valence electrons. The van der Waals surface area contributed by atoms with Crippen LogP contribution in [-0.2, 0) is 23.9 Å². The third-order valence-electron chi connectivity index (χ3n) is 9.17. The zero-order valence-electron chi connectivity index (χ0n) is 24.5. The molecule has 1 aliphatic carbocycles. The molecule has 3 fully saturated rings. The Morgan fingerprint density at radius 1 is 1.05 bits per heavy atom. The summed E-state index contributed by atoms with van der Waals surface area (Å²) >= 11 is 0. The number of aromatic nitrogens is 1. The first-order valence-corrected chi connectivity index (χ1v) is 15.1. The third kappa shape index (κ3) is 6.72. The molecule has 1 aromatic heterocycles. The summed E-state index contributed by atoms with van der Waals surface area (Å²) in [4.78, 5) is 56.0. The highest BCUT2D eigenvalue weighted by Gasteiger charge is 2.46. The van der Waals surface area contributed by atoms with Gasteiger partial charge < -0.3 is 35.1 Å². The number of carbonyl (C=O) groups excluding carboxylic acids is 4. The highest BCUT2D eigenvalue weighted by Crippen LogP contribution is 2.36. The lowest BCUT2D eigenvalue weighted by Crippen LogP contribution is -2.53. The molecule has 11 nitrogen and oxygen atoms in total. The second-order valence-electron chi connectivity index (χ2n) is 12.0. The van der Waals surface area contributed by atoms with E-state index >= 15 is 0 Å². The zero-order valence-corrected chi connectivity index (χ0v) is 24.5. The number of esters is 1. The Hall–Kier alpha value is -3.60. The predicted octanol–water partition coefficient (Wildman–Crippen LogP) is 2.98. The molecule has 3 unspecified atom stereocenters. The van der Waals surface area contributed by atoms with Gasteiger partial charge in [-0.05, 0) is 56.2 Å². The Labute approximate surface area is 245 Å². The Morgan fingerprint density at radius 3 is 2.52 bits per heavy atom. The Balaban J connectivity index is 1.31. The van der Waals surface area contributed by atoms with Crippen LogP contribution in [0.25, 0.3) is 10.9 Å². The van der Waals surface area contributed by atoms with Crippen LogP contribution in [-0.4, -0.2) is 73.7 Å². The van der Waals surface area contributed by atoms with Crippen molar-refractivity contribution in [1.82, 2.24) is 20.9 Å². The van der Waals surface area contributed by atoms with Crippen LogP contribution in [0.5, 0.6) is 5.75 Å². The van der Waals surface area contributed by atoms with Crippen LogP contribution in [0.15, 0.2) is 24.3 Å². The van der Waals surface area contributed by atoms with E-state index in [9.17, 15) is 19.2 Å². The van der Waals surface area contributed by atoms with Crippen molar-refractivity contribution >= 4 is 34.6 Å². The predicted molar refractivity (Wildman–Crippen MR) is 155 cm³/mol. The molecule has 0 radical (unpaired) electrons. The number of benzene rings is 1. The van der Waals surface area contributed by atoms with Crippen LogP contribution in [0.2, 0.25) is 0 Å². The number of ether oxygens (including phenoxy) is 3. The molecule has 3 heterocycles. The molecular formula is C31H42N4O7. The molecule has 2 aliphatic heterocycles. The van der Waals surface area contributed by atoms with Crippen LogP contribution in [0.1, 0.15) is 74.7 Å². The van der Waals surface area contributed by atoms with Crippen molar-refractivity contribution in [3.05, 3.63) is 30.0 Å². The molecule has 2 aromatic rings. The number of H-pyrrole nitrogens is 1. The summed E-state index contributed by atoms with van der Waals surface area (Å²) in [6.45, 7) is 1.16. The van der Waals surface area contributed by atoms with Gasteiger partial charge in [0.05, 0.1) is 14.2 Å². The number of rotatable bonds is 10. The normalized spacial score (nSPS) is 21.9. The van der Waals surface area contributed by atoms with Crippen molar-refractivity contribution < 1.29 is 33.4 Å². The van der Waals surface area contributed by atoms with Crippen LogP contribution in [0.4, 0.5) is 0 Å². The largest absolute Gasteiger partial charge is 0.496 e. The number of fused-ring (bicyclic) bond motifs is 1. The summed E-state index contributed by atoms with van der Waals surface area (Å²) in [5.74, 6) is -1.15. The summed E-state index contributed by atoms with van der Waals surface area (Å²) < 4.78 is 15.9. The van der Waals surface area contributed by atoms with E-state index in [2.05, 4.69) is 20.9 Å². The van der Waals surface area contributed by atoms with E-state index in [0.717, 1.165) is 55.8 Å². The molecule has 3 atom stereocenters. The summed E-state index contributed by atoms with van der Waals surface area (Å²) in [5.41, 5.74) is 0.727. The summed E-state index contributed by atoms with van der Waals surface area (Å²) in [6.07, 6.45) is 7.91. The van der Waals surface area contributed by atoms with Crippen molar-refractivity contribution in [2.45, 2.75) is 81.8 Å². The number of methoxy groups -OCH3 is 2. The standard InChI is InChI=1S/C31H42N4O7/c1-40-26-10-6-9-22-21(26)17-24(32-22)29(38)33-23(15-19-7-4-3-5-8-19)28(37)34-25(30(39)41-2)16-20-18-31(35-27(20)36)11-13-42-14-12-31/h6,9-10,17,19-20,23,25,32H,3-5,7-8,11-16,18H2,1-2H3,(H,33,38)(H,34,37)(H,35,36). The summed E-state index contributed by atoms with van der Waals surface area (Å²) in [7, 11) is 2.84. The maximum absolute atomic E-state index is 13.8. The second-order valence-corrected chi connectivity index (χ2v) is 12.0. The number of nitrogens with one attached hydrogen (secondary N) is 4. The highest BCUT2D eigenvalue weighted by atomic mass is 16.5. The van der Waals surface area contributed by atoms with Crippen molar-refractivity contribution in [2.24, 2.45) is 11.8 Å². The molecule has 2 saturated heterocycles. The lowest BCUT2D eigenvalue weighted by molar-refractivity contribution is -0.146. The average molecular weight is 583 g/mol. The molecule has 1 spiro atoms. The van der Waals surface area contributed by atoms with Crippen molar-refractivity contribution in [3.8, 4) is 5.75 Å². The van der Waals surface area contributed by atoms with Gasteiger partial charge in [-0.3, -0.25) is 14.4 Å². The van der Waals surface area contributed by atoms with Gasteiger partial charge in [0.15, 0.2) is 0 Å². The molecule has 1 saturated carbocycles. The van der Waals surface area contributed by atoms with E-state index in [1.165, 1.54) is 7.11 Å². The minimum Gasteiger partial charge on any atom is -0.496 e. The van der Waals surface area contributed by atoms with Crippen LogP contribution < -0.4 is 20.7 Å². The van der Waals surface area contributed by atoms with Crippen LogP contribution in [0, 0.1) is 11.8 Å². The fourth-order valence-electron chi connectivity index (χ4n) is 6.83. The van der Waals surface area contributed by atoms with Crippen LogP contribution in [0.3, 0.4) is 0 Å². The van der Waals surface area contributed by atoms with Gasteiger partial charge in [0.1, 0.15) is 23.5 Å². The van der Waals surface area contributed by atoms with Gasteiger partial charge in [-0.15, -0.1) is 0 Å². The van der Waals surface area contributed by atoms with E-state index in [-0.39, 0.29) is 23.8 Å². The van der Waals surface area contributed by atoms with Crippen molar-refractivity contribution in [2.75, 3.05) is 27.4 Å². The number of hydrogen-bond donors (Lipinski definition) is 4. The van der Waals surface area contributed by atoms with E-state index in [0.29, 0.717) is 37.5 Å². The maximum Gasteiger partial charge on any atom is 0.328 e. The Morgan fingerprint density at radius 2 is 1.81 bits per heavy atom. The molecule has 3 aliphatic rings. The zero-order chi connectivity index (χ0) is 29.7. The van der Waals surface area contributed by atoms with Gasteiger partial charge in [-0.1, -0.05) is 38.2 Å². The molecular weight excluding hydrogens is 540 g/mol. The van der Waals surface area contributed by atoms with E-state index < -0.39 is 35.8 Å². The van der Waals surface area contributed by atoms with Crippen molar-refractivity contribution in [1.29, 1.82) is 0 Å². The summed E-state index contributed by atoms with van der Waals surface area (Å²) in [5, 5.41) is 9.64. The lowest BCUT2D eigenvalue weighted by atomic mass is 9.83. The monoisotopic (exact) mass is 582 g/mol. The van der Waals surface area contributed by atoms with Crippen molar-refractivity contribution in [3.63, 3.8) is 0 Å². The molecule has 5 rings (SSSR count). The van der Waals surface area contributed by atoms with E-state index in [4.69, 9.17) is 14.2 Å². The topological polar surface area (TPSA) is 148 Å². The van der Waals surface area contributed by atoms with Gasteiger partial charge in [-0.25, -0.2) is 4.79 Å². The van der Waals surface area contributed by atoms with Gasteiger partial charge >= 0.3 is 5.97 Å². The van der Waals surface area contributed by atoms with Gasteiger partial charge in [0, 0.05) is 35.6 Å². The Kier molecular flexibility index (Phi) is 9.35. The maximum atomic E-state index is 13.8. The first-order valence-electron chi connectivity index (χ1n) is 15.1.